The third-order valence-electron chi connectivity index (χ3n) is 2.41. The van der Waals surface area contributed by atoms with Gasteiger partial charge in [-0.25, -0.2) is 0 Å². The van der Waals surface area contributed by atoms with Gasteiger partial charge < -0.3 is 10.1 Å². The molecule has 1 aliphatic rings. The number of esters is 1. The van der Waals surface area contributed by atoms with Gasteiger partial charge in [0.15, 0.2) is 0 Å². The highest BCUT2D eigenvalue weighted by molar-refractivity contribution is 5.77. The second kappa shape index (κ2) is 5.53. The SMILES string of the molecule is CCOC(=O)[C@@H]1CC=CC[C@H]1NC(C)=O. The van der Waals surface area contributed by atoms with Gasteiger partial charge in [0.2, 0.25) is 5.91 Å². The predicted octanol–water partition coefficient (Wildman–Crippen LogP) is 1.02. The van der Waals surface area contributed by atoms with E-state index in [0.29, 0.717) is 19.4 Å². The zero-order chi connectivity index (χ0) is 11.3. The van der Waals surface area contributed by atoms with Crippen molar-refractivity contribution < 1.29 is 14.3 Å². The monoisotopic (exact) mass is 211 g/mol. The highest BCUT2D eigenvalue weighted by atomic mass is 16.5. The molecule has 84 valence electrons. The van der Waals surface area contributed by atoms with Crippen LogP contribution in [0.15, 0.2) is 12.2 Å². The number of nitrogens with one attached hydrogen (secondary N) is 1. The second-order valence-corrected chi connectivity index (χ2v) is 3.61. The number of ether oxygens (including phenoxy) is 1. The van der Waals surface area contributed by atoms with Gasteiger partial charge in [0.05, 0.1) is 12.5 Å². The molecule has 0 saturated heterocycles. The van der Waals surface area contributed by atoms with Gasteiger partial charge in [0.25, 0.3) is 0 Å². The lowest BCUT2D eigenvalue weighted by molar-refractivity contribution is -0.149. The van der Waals surface area contributed by atoms with Crippen LogP contribution >= 0.6 is 0 Å². The van der Waals surface area contributed by atoms with Crippen molar-refractivity contribution in [2.24, 2.45) is 5.92 Å². The Morgan fingerprint density at radius 3 is 2.67 bits per heavy atom. The van der Waals surface area contributed by atoms with Crippen molar-refractivity contribution in [3.63, 3.8) is 0 Å². The van der Waals surface area contributed by atoms with Crippen LogP contribution in [0.4, 0.5) is 0 Å². The van der Waals surface area contributed by atoms with Gasteiger partial charge in [-0.15, -0.1) is 0 Å². The number of rotatable bonds is 3. The van der Waals surface area contributed by atoms with E-state index in [1.165, 1.54) is 6.92 Å². The fourth-order valence-corrected chi connectivity index (χ4v) is 1.74. The Balaban J connectivity index is 2.62. The minimum absolute atomic E-state index is 0.107. The van der Waals surface area contributed by atoms with Crippen molar-refractivity contribution in [2.75, 3.05) is 6.61 Å². The molecule has 0 aliphatic heterocycles. The van der Waals surface area contributed by atoms with Crippen molar-refractivity contribution in [3.05, 3.63) is 12.2 Å². The first-order valence-electron chi connectivity index (χ1n) is 5.24. The van der Waals surface area contributed by atoms with Crippen molar-refractivity contribution in [2.45, 2.75) is 32.7 Å². The van der Waals surface area contributed by atoms with Crippen molar-refractivity contribution in [1.29, 1.82) is 0 Å². The lowest BCUT2D eigenvalue weighted by atomic mass is 9.89. The van der Waals surface area contributed by atoms with Gasteiger partial charge in [-0.1, -0.05) is 12.2 Å². The van der Waals surface area contributed by atoms with E-state index in [0.717, 1.165) is 0 Å². The second-order valence-electron chi connectivity index (χ2n) is 3.61. The zero-order valence-corrected chi connectivity index (χ0v) is 9.16. The van der Waals surface area contributed by atoms with Crippen molar-refractivity contribution >= 4 is 11.9 Å². The maximum atomic E-state index is 11.6. The van der Waals surface area contributed by atoms with E-state index in [-0.39, 0.29) is 23.8 Å². The summed E-state index contributed by atoms with van der Waals surface area (Å²) in [5, 5.41) is 2.78. The molecule has 1 rings (SSSR count). The summed E-state index contributed by atoms with van der Waals surface area (Å²) in [6.07, 6.45) is 5.28. The third-order valence-corrected chi connectivity index (χ3v) is 2.41. The minimum Gasteiger partial charge on any atom is -0.466 e. The molecule has 0 saturated carbocycles. The smallest absolute Gasteiger partial charge is 0.311 e. The Morgan fingerprint density at radius 1 is 1.40 bits per heavy atom. The Kier molecular flexibility index (Phi) is 4.34. The summed E-state index contributed by atoms with van der Waals surface area (Å²) < 4.78 is 4.97. The molecular weight excluding hydrogens is 194 g/mol. The van der Waals surface area contributed by atoms with Gasteiger partial charge in [0.1, 0.15) is 0 Å². The first-order chi connectivity index (χ1) is 7.15. The van der Waals surface area contributed by atoms with Crippen LogP contribution in [0.5, 0.6) is 0 Å². The van der Waals surface area contributed by atoms with E-state index in [1.807, 2.05) is 12.2 Å². The normalized spacial score (nSPS) is 24.7. The summed E-state index contributed by atoms with van der Waals surface area (Å²) in [5.74, 6) is -0.566. The van der Waals surface area contributed by atoms with Crippen LogP contribution in [0.1, 0.15) is 26.7 Å². The van der Waals surface area contributed by atoms with Crippen LogP contribution in [0.2, 0.25) is 0 Å². The summed E-state index contributed by atoms with van der Waals surface area (Å²) in [7, 11) is 0. The molecule has 0 aromatic rings. The minimum atomic E-state index is -0.237. The topological polar surface area (TPSA) is 55.4 Å². The molecule has 1 amide bonds. The molecule has 0 fully saturated rings. The van der Waals surface area contributed by atoms with Gasteiger partial charge >= 0.3 is 5.97 Å². The molecule has 15 heavy (non-hydrogen) atoms. The van der Waals surface area contributed by atoms with E-state index in [2.05, 4.69) is 5.32 Å². The van der Waals surface area contributed by atoms with Crippen molar-refractivity contribution in [1.82, 2.24) is 5.32 Å². The Labute approximate surface area is 89.7 Å². The van der Waals surface area contributed by atoms with Crippen LogP contribution < -0.4 is 5.32 Å². The summed E-state index contributed by atoms with van der Waals surface area (Å²) in [4.78, 5) is 22.5. The summed E-state index contributed by atoms with van der Waals surface area (Å²) in [6, 6.07) is -0.119. The van der Waals surface area contributed by atoms with Gasteiger partial charge in [0, 0.05) is 13.0 Å². The summed E-state index contributed by atoms with van der Waals surface area (Å²) in [6.45, 7) is 3.62. The molecule has 0 heterocycles. The van der Waals surface area contributed by atoms with Crippen LogP contribution in [0.25, 0.3) is 0 Å². The molecule has 1 aliphatic carbocycles. The van der Waals surface area contributed by atoms with Gasteiger partial charge in [-0.2, -0.15) is 0 Å². The largest absolute Gasteiger partial charge is 0.466 e. The lowest BCUT2D eigenvalue weighted by Gasteiger charge is -2.27. The van der Waals surface area contributed by atoms with Gasteiger partial charge in [-0.05, 0) is 19.8 Å². The number of hydrogen-bond acceptors (Lipinski definition) is 3. The number of carbonyl (C=O) groups excluding carboxylic acids is 2. The Bertz CT molecular complexity index is 273. The van der Waals surface area contributed by atoms with Gasteiger partial charge in [-0.3, -0.25) is 9.59 Å². The van der Waals surface area contributed by atoms with E-state index in [4.69, 9.17) is 4.74 Å². The highest BCUT2D eigenvalue weighted by Crippen LogP contribution is 2.20. The standard InChI is InChI=1S/C11H17NO3/c1-3-15-11(14)9-6-4-5-7-10(9)12-8(2)13/h4-5,9-10H,3,6-7H2,1-2H3,(H,12,13)/t9-,10-/m1/s1. The molecule has 4 heteroatoms. The number of carbonyl (C=O) groups is 2. The first kappa shape index (κ1) is 11.8. The molecule has 0 aromatic carbocycles. The number of amides is 1. The van der Waals surface area contributed by atoms with Crippen LogP contribution in [0, 0.1) is 5.92 Å². The molecule has 0 unspecified atom stereocenters. The fourth-order valence-electron chi connectivity index (χ4n) is 1.74. The maximum absolute atomic E-state index is 11.6. The predicted molar refractivity (Wildman–Crippen MR) is 56.1 cm³/mol. The molecule has 2 atom stereocenters. The number of hydrogen-bond donors (Lipinski definition) is 1. The van der Waals surface area contributed by atoms with E-state index >= 15 is 0 Å². The molecule has 0 aromatic heterocycles. The number of allylic oxidation sites excluding steroid dienone is 1. The molecule has 0 radical (unpaired) electrons. The maximum Gasteiger partial charge on any atom is 0.311 e. The average Bonchev–Trinajstić information content (AvgIpc) is 2.18. The van der Waals surface area contributed by atoms with E-state index < -0.39 is 0 Å². The Morgan fingerprint density at radius 2 is 2.07 bits per heavy atom. The van der Waals surface area contributed by atoms with Crippen LogP contribution in [-0.2, 0) is 14.3 Å². The summed E-state index contributed by atoms with van der Waals surface area (Å²) >= 11 is 0. The molecule has 4 nitrogen and oxygen atoms in total. The quantitative estimate of drug-likeness (QED) is 0.560. The Hall–Kier alpha value is -1.32. The van der Waals surface area contributed by atoms with Crippen molar-refractivity contribution in [3.8, 4) is 0 Å². The molecular formula is C11H17NO3. The molecule has 0 bridgehead atoms. The van der Waals surface area contributed by atoms with Crippen LogP contribution in [-0.4, -0.2) is 24.5 Å². The fraction of sp³-hybridized carbons (Fsp3) is 0.636. The van der Waals surface area contributed by atoms with Crippen LogP contribution in [0.3, 0.4) is 0 Å². The highest BCUT2D eigenvalue weighted by Gasteiger charge is 2.30. The van der Waals surface area contributed by atoms with E-state index in [9.17, 15) is 9.59 Å². The molecule has 0 spiro atoms. The molecule has 1 N–H and O–H groups in total. The van der Waals surface area contributed by atoms with E-state index in [1.54, 1.807) is 6.92 Å². The summed E-state index contributed by atoms with van der Waals surface area (Å²) in [5.41, 5.74) is 0. The zero-order valence-electron chi connectivity index (χ0n) is 9.16. The first-order valence-corrected chi connectivity index (χ1v) is 5.24. The lowest BCUT2D eigenvalue weighted by Crippen LogP contribution is -2.43. The third kappa shape index (κ3) is 3.38. The average molecular weight is 211 g/mol.